The summed E-state index contributed by atoms with van der Waals surface area (Å²) in [5.74, 6) is 2.10. The van der Waals surface area contributed by atoms with Gasteiger partial charge in [-0.2, -0.15) is 10.1 Å². The Bertz CT molecular complexity index is 609. The monoisotopic (exact) mass is 304 g/mol. The third kappa shape index (κ3) is 2.89. The van der Waals surface area contributed by atoms with E-state index in [9.17, 15) is 0 Å². The molecule has 3 heterocycles. The summed E-state index contributed by atoms with van der Waals surface area (Å²) in [4.78, 5) is 10.9. The van der Waals surface area contributed by atoms with Gasteiger partial charge in [-0.1, -0.05) is 5.16 Å². The van der Waals surface area contributed by atoms with E-state index in [-0.39, 0.29) is 12.1 Å². The summed E-state index contributed by atoms with van der Waals surface area (Å²) in [5.41, 5.74) is 0. The van der Waals surface area contributed by atoms with Crippen molar-refractivity contribution in [2.45, 2.75) is 44.4 Å². The Hall–Kier alpha value is -1.80. The molecule has 118 valence electrons. The number of aromatic nitrogens is 5. The first-order valence-electron chi connectivity index (χ1n) is 7.81. The van der Waals surface area contributed by atoms with Crippen molar-refractivity contribution in [2.24, 2.45) is 0 Å². The summed E-state index contributed by atoms with van der Waals surface area (Å²) in [5, 5.41) is 8.24. The van der Waals surface area contributed by atoms with E-state index >= 15 is 0 Å². The fourth-order valence-electron chi connectivity index (χ4n) is 2.82. The molecule has 1 aliphatic carbocycles. The van der Waals surface area contributed by atoms with Gasteiger partial charge in [-0.05, 0) is 19.8 Å². The second-order valence-corrected chi connectivity index (χ2v) is 6.05. The van der Waals surface area contributed by atoms with Crippen molar-refractivity contribution >= 4 is 0 Å². The maximum atomic E-state index is 5.82. The number of rotatable bonds is 5. The van der Waals surface area contributed by atoms with Crippen LogP contribution < -0.4 is 0 Å². The van der Waals surface area contributed by atoms with Gasteiger partial charge in [0, 0.05) is 19.0 Å². The Morgan fingerprint density at radius 2 is 2.32 bits per heavy atom. The minimum atomic E-state index is 0.101. The molecule has 2 aromatic heterocycles. The highest BCUT2D eigenvalue weighted by Gasteiger charge is 2.32. The first kappa shape index (κ1) is 13.8. The van der Waals surface area contributed by atoms with Crippen LogP contribution in [0.15, 0.2) is 17.2 Å². The van der Waals surface area contributed by atoms with Crippen molar-refractivity contribution in [3.8, 4) is 0 Å². The van der Waals surface area contributed by atoms with Gasteiger partial charge in [-0.15, -0.1) is 0 Å². The zero-order valence-corrected chi connectivity index (χ0v) is 12.6. The van der Waals surface area contributed by atoms with Crippen molar-refractivity contribution in [3.63, 3.8) is 0 Å². The first-order valence-corrected chi connectivity index (χ1v) is 7.81. The zero-order valence-electron chi connectivity index (χ0n) is 12.6. The first-order chi connectivity index (χ1) is 10.8. The van der Waals surface area contributed by atoms with Crippen LogP contribution in [-0.2, 0) is 11.3 Å². The van der Waals surface area contributed by atoms with Crippen LogP contribution in [0.3, 0.4) is 0 Å². The second-order valence-electron chi connectivity index (χ2n) is 6.05. The van der Waals surface area contributed by atoms with Crippen LogP contribution in [0.5, 0.6) is 0 Å². The standard InChI is InChI=1S/C14H20N6O2/c1-10(14-17-13(18-22-14)11-2-3-11)19-4-5-21-12(6-19)7-20-9-15-8-16-20/h8-12H,2-7H2,1H3/t10-,12-/m0/s1. The summed E-state index contributed by atoms with van der Waals surface area (Å²) in [6, 6.07) is 0.113. The summed E-state index contributed by atoms with van der Waals surface area (Å²) in [6.07, 6.45) is 5.73. The molecule has 4 rings (SSSR count). The Morgan fingerprint density at radius 1 is 1.41 bits per heavy atom. The van der Waals surface area contributed by atoms with E-state index < -0.39 is 0 Å². The fourth-order valence-corrected chi connectivity index (χ4v) is 2.82. The molecular formula is C14H20N6O2. The van der Waals surface area contributed by atoms with E-state index in [1.165, 1.54) is 12.8 Å². The highest BCUT2D eigenvalue weighted by Crippen LogP contribution is 2.38. The lowest BCUT2D eigenvalue weighted by Crippen LogP contribution is -2.45. The van der Waals surface area contributed by atoms with Crippen molar-refractivity contribution in [2.75, 3.05) is 19.7 Å². The van der Waals surface area contributed by atoms with Crippen LogP contribution in [0.2, 0.25) is 0 Å². The van der Waals surface area contributed by atoms with Crippen molar-refractivity contribution in [1.29, 1.82) is 0 Å². The van der Waals surface area contributed by atoms with Crippen LogP contribution in [0.1, 0.15) is 43.4 Å². The van der Waals surface area contributed by atoms with E-state index in [1.807, 2.05) is 0 Å². The molecule has 1 aliphatic heterocycles. The van der Waals surface area contributed by atoms with E-state index in [0.717, 1.165) is 18.9 Å². The molecule has 0 bridgehead atoms. The molecule has 1 saturated carbocycles. The minimum absolute atomic E-state index is 0.101. The Kier molecular flexibility index (Phi) is 3.63. The van der Waals surface area contributed by atoms with Crippen molar-refractivity contribution in [1.82, 2.24) is 29.8 Å². The van der Waals surface area contributed by atoms with Crippen LogP contribution in [0.25, 0.3) is 0 Å². The van der Waals surface area contributed by atoms with Crippen LogP contribution in [-0.4, -0.2) is 55.6 Å². The Balaban J connectivity index is 1.39. The molecule has 0 spiro atoms. The van der Waals surface area contributed by atoms with Gasteiger partial charge >= 0.3 is 0 Å². The molecule has 2 aliphatic rings. The van der Waals surface area contributed by atoms with Gasteiger partial charge in [0.15, 0.2) is 5.82 Å². The third-order valence-electron chi connectivity index (χ3n) is 4.33. The van der Waals surface area contributed by atoms with E-state index in [2.05, 4.69) is 32.0 Å². The van der Waals surface area contributed by atoms with E-state index in [0.29, 0.717) is 25.0 Å². The fraction of sp³-hybridized carbons (Fsp3) is 0.714. The average Bonchev–Trinajstić information content (AvgIpc) is 3.06. The predicted molar refractivity (Wildman–Crippen MR) is 76.0 cm³/mol. The molecule has 0 unspecified atom stereocenters. The minimum Gasteiger partial charge on any atom is -0.374 e. The molecule has 8 nitrogen and oxygen atoms in total. The average molecular weight is 304 g/mol. The normalized spacial score (nSPS) is 24.5. The molecule has 2 fully saturated rings. The maximum Gasteiger partial charge on any atom is 0.243 e. The van der Waals surface area contributed by atoms with Gasteiger partial charge in [-0.25, -0.2) is 4.98 Å². The Morgan fingerprint density at radius 3 is 3.09 bits per heavy atom. The molecule has 1 saturated heterocycles. The lowest BCUT2D eigenvalue weighted by molar-refractivity contribution is -0.0532. The summed E-state index contributed by atoms with van der Waals surface area (Å²) >= 11 is 0. The molecule has 2 atom stereocenters. The maximum absolute atomic E-state index is 5.82. The molecule has 22 heavy (non-hydrogen) atoms. The molecule has 0 N–H and O–H groups in total. The number of hydrogen-bond donors (Lipinski definition) is 0. The lowest BCUT2D eigenvalue weighted by Gasteiger charge is -2.35. The van der Waals surface area contributed by atoms with Gasteiger partial charge in [-0.3, -0.25) is 9.58 Å². The highest BCUT2D eigenvalue weighted by atomic mass is 16.5. The number of hydrogen-bond acceptors (Lipinski definition) is 7. The van der Waals surface area contributed by atoms with Crippen LogP contribution >= 0.6 is 0 Å². The van der Waals surface area contributed by atoms with Crippen LogP contribution in [0.4, 0.5) is 0 Å². The zero-order chi connectivity index (χ0) is 14.9. The van der Waals surface area contributed by atoms with Gasteiger partial charge < -0.3 is 9.26 Å². The van der Waals surface area contributed by atoms with Gasteiger partial charge in [0.05, 0.1) is 25.3 Å². The van der Waals surface area contributed by atoms with Crippen LogP contribution in [0, 0.1) is 0 Å². The number of ether oxygens (including phenoxy) is 1. The summed E-state index contributed by atoms with van der Waals surface area (Å²) in [6.45, 7) is 5.22. The molecular weight excluding hydrogens is 284 g/mol. The Labute approximate surface area is 128 Å². The summed E-state index contributed by atoms with van der Waals surface area (Å²) in [7, 11) is 0. The topological polar surface area (TPSA) is 82.1 Å². The van der Waals surface area contributed by atoms with E-state index in [4.69, 9.17) is 9.26 Å². The van der Waals surface area contributed by atoms with Gasteiger partial charge in [0.1, 0.15) is 12.7 Å². The summed E-state index contributed by atoms with van der Waals surface area (Å²) < 4.78 is 13.1. The largest absolute Gasteiger partial charge is 0.374 e. The van der Waals surface area contributed by atoms with Crippen molar-refractivity contribution < 1.29 is 9.26 Å². The quantitative estimate of drug-likeness (QED) is 0.815. The van der Waals surface area contributed by atoms with E-state index in [1.54, 1.807) is 17.3 Å². The molecule has 8 heteroatoms. The lowest BCUT2D eigenvalue weighted by atomic mass is 10.2. The second kappa shape index (κ2) is 5.77. The molecule has 0 radical (unpaired) electrons. The predicted octanol–water partition coefficient (Wildman–Crippen LogP) is 1.00. The SMILES string of the molecule is C[C@@H](c1nc(C2CC2)no1)N1CCO[C@H](Cn2cncn2)C1. The third-order valence-corrected chi connectivity index (χ3v) is 4.33. The highest BCUT2D eigenvalue weighted by molar-refractivity contribution is 5.04. The number of morpholine rings is 1. The molecule has 2 aromatic rings. The smallest absolute Gasteiger partial charge is 0.243 e. The van der Waals surface area contributed by atoms with Gasteiger partial charge in [0.2, 0.25) is 5.89 Å². The van der Waals surface area contributed by atoms with Crippen molar-refractivity contribution in [3.05, 3.63) is 24.4 Å². The molecule has 0 aromatic carbocycles. The molecule has 0 amide bonds. The number of nitrogens with zero attached hydrogens (tertiary/aromatic N) is 6. The van der Waals surface area contributed by atoms with Gasteiger partial charge in [0.25, 0.3) is 0 Å².